The molecule has 3 N–H and O–H groups in total. The second-order valence-electron chi connectivity index (χ2n) is 6.10. The van der Waals surface area contributed by atoms with Gasteiger partial charge >= 0.3 is 11.9 Å². The highest BCUT2D eigenvalue weighted by Gasteiger charge is 2.43. The molecule has 0 radical (unpaired) electrons. The van der Waals surface area contributed by atoms with Gasteiger partial charge in [0.2, 0.25) is 0 Å². The van der Waals surface area contributed by atoms with Crippen LogP contribution >= 0.6 is 0 Å². The molecule has 2 aromatic carbocycles. The molecule has 1 aliphatic rings. The Morgan fingerprint density at radius 2 is 1.86 bits per heavy atom. The molecule has 8 nitrogen and oxygen atoms in total. The number of carboxylic acids is 1. The number of carbonyl (C=O) groups excluding carboxylic acids is 1. The molecule has 0 saturated carbocycles. The van der Waals surface area contributed by atoms with Gasteiger partial charge in [-0.05, 0) is 41.5 Å². The van der Waals surface area contributed by atoms with Gasteiger partial charge in [0.15, 0.2) is 23.0 Å². The predicted molar refractivity (Wildman–Crippen MR) is 97.6 cm³/mol. The number of ether oxygens (including phenoxy) is 3. The molecule has 0 fully saturated rings. The van der Waals surface area contributed by atoms with Crippen molar-refractivity contribution in [1.82, 2.24) is 0 Å². The third kappa shape index (κ3) is 3.44. The minimum atomic E-state index is -1.14. The van der Waals surface area contributed by atoms with Gasteiger partial charge < -0.3 is 29.5 Å². The summed E-state index contributed by atoms with van der Waals surface area (Å²) in [6.45, 7) is 0. The van der Waals surface area contributed by atoms with Crippen molar-refractivity contribution >= 4 is 18.0 Å². The first-order valence-electron chi connectivity index (χ1n) is 8.25. The Balaban J connectivity index is 2.10. The van der Waals surface area contributed by atoms with E-state index in [1.807, 2.05) is 0 Å². The van der Waals surface area contributed by atoms with Crippen molar-refractivity contribution < 1.29 is 39.1 Å². The van der Waals surface area contributed by atoms with Crippen LogP contribution in [0.15, 0.2) is 36.4 Å². The predicted octanol–water partition coefficient (Wildman–Crippen LogP) is 2.59. The Labute approximate surface area is 160 Å². The summed E-state index contributed by atoms with van der Waals surface area (Å²) < 4.78 is 15.9. The van der Waals surface area contributed by atoms with Crippen molar-refractivity contribution in [3.63, 3.8) is 0 Å². The molecule has 1 aliphatic heterocycles. The molecular weight excluding hydrogens is 368 g/mol. The molecule has 1 heterocycles. The van der Waals surface area contributed by atoms with E-state index in [1.165, 1.54) is 38.5 Å². The van der Waals surface area contributed by atoms with Crippen molar-refractivity contribution in [3.8, 4) is 23.0 Å². The second kappa shape index (κ2) is 7.51. The van der Waals surface area contributed by atoms with Crippen LogP contribution in [0.1, 0.15) is 28.7 Å². The van der Waals surface area contributed by atoms with Crippen LogP contribution < -0.4 is 9.47 Å². The molecule has 8 heteroatoms. The maximum absolute atomic E-state index is 12.5. The number of carbonyl (C=O) groups is 2. The van der Waals surface area contributed by atoms with Crippen LogP contribution in [0.2, 0.25) is 0 Å². The molecule has 2 atom stereocenters. The number of phenols is 2. The van der Waals surface area contributed by atoms with E-state index in [2.05, 4.69) is 0 Å². The monoisotopic (exact) mass is 386 g/mol. The first-order valence-corrected chi connectivity index (χ1v) is 8.25. The van der Waals surface area contributed by atoms with E-state index in [0.717, 1.165) is 6.08 Å². The summed E-state index contributed by atoms with van der Waals surface area (Å²) in [7, 11) is 2.64. The molecule has 0 aliphatic carbocycles. The van der Waals surface area contributed by atoms with E-state index in [4.69, 9.17) is 19.3 Å². The van der Waals surface area contributed by atoms with Crippen molar-refractivity contribution in [2.24, 2.45) is 0 Å². The zero-order valence-electron chi connectivity index (χ0n) is 15.1. The van der Waals surface area contributed by atoms with Gasteiger partial charge in [-0.2, -0.15) is 0 Å². The molecular formula is C20H18O8. The van der Waals surface area contributed by atoms with Crippen LogP contribution in [0.5, 0.6) is 23.0 Å². The van der Waals surface area contributed by atoms with E-state index < -0.39 is 24.0 Å². The van der Waals surface area contributed by atoms with E-state index in [1.54, 1.807) is 12.1 Å². The molecule has 2 aromatic rings. The number of aliphatic carboxylic acids is 1. The van der Waals surface area contributed by atoms with Gasteiger partial charge in [0, 0.05) is 11.6 Å². The van der Waals surface area contributed by atoms with Crippen LogP contribution in [0.25, 0.3) is 6.08 Å². The summed E-state index contributed by atoms with van der Waals surface area (Å²) in [6, 6.07) is 7.42. The average molecular weight is 386 g/mol. The number of phenolic OH excluding ortho intramolecular Hbond substituents is 2. The van der Waals surface area contributed by atoms with Gasteiger partial charge in [0.05, 0.1) is 14.2 Å². The number of benzene rings is 2. The average Bonchev–Trinajstić information content (AvgIpc) is 3.06. The van der Waals surface area contributed by atoms with Crippen LogP contribution in [0.3, 0.4) is 0 Å². The van der Waals surface area contributed by atoms with Gasteiger partial charge in [-0.15, -0.1) is 0 Å². The quantitative estimate of drug-likeness (QED) is 0.529. The lowest BCUT2D eigenvalue weighted by molar-refractivity contribution is -0.144. The Bertz CT molecular complexity index is 963. The second-order valence-corrected chi connectivity index (χ2v) is 6.10. The Hall–Kier alpha value is -3.68. The third-order valence-corrected chi connectivity index (χ3v) is 4.41. The first kappa shape index (κ1) is 19.1. The fourth-order valence-electron chi connectivity index (χ4n) is 3.15. The molecule has 0 spiro atoms. The molecule has 28 heavy (non-hydrogen) atoms. The number of rotatable bonds is 5. The smallest absolute Gasteiger partial charge is 0.328 e. The highest BCUT2D eigenvalue weighted by Crippen LogP contribution is 2.51. The summed E-state index contributed by atoms with van der Waals surface area (Å²) in [4.78, 5) is 23.2. The van der Waals surface area contributed by atoms with Crippen LogP contribution in [0, 0.1) is 0 Å². The Morgan fingerprint density at radius 1 is 1.11 bits per heavy atom. The third-order valence-electron chi connectivity index (χ3n) is 4.41. The van der Waals surface area contributed by atoms with Crippen molar-refractivity contribution in [3.05, 3.63) is 53.1 Å². The Kier molecular flexibility index (Phi) is 5.12. The fourth-order valence-corrected chi connectivity index (χ4v) is 3.15. The molecule has 146 valence electrons. The highest BCUT2D eigenvalue weighted by molar-refractivity contribution is 5.86. The zero-order chi connectivity index (χ0) is 20.4. The van der Waals surface area contributed by atoms with E-state index in [-0.39, 0.29) is 23.0 Å². The normalized spacial score (nSPS) is 17.8. The van der Waals surface area contributed by atoms with Crippen molar-refractivity contribution in [1.29, 1.82) is 0 Å². The number of hydrogen-bond donors (Lipinski definition) is 3. The maximum atomic E-state index is 12.5. The zero-order valence-corrected chi connectivity index (χ0v) is 15.1. The number of carboxylic acid groups (broad SMARTS) is 1. The lowest BCUT2D eigenvalue weighted by atomic mass is 9.90. The summed E-state index contributed by atoms with van der Waals surface area (Å²) in [5.74, 6) is -2.62. The minimum absolute atomic E-state index is 0.0691. The largest absolute Gasteiger partial charge is 0.504 e. The molecule has 0 bridgehead atoms. The topological polar surface area (TPSA) is 123 Å². The summed E-state index contributed by atoms with van der Waals surface area (Å²) in [6.07, 6.45) is 1.39. The minimum Gasteiger partial charge on any atom is -0.504 e. The van der Waals surface area contributed by atoms with Crippen LogP contribution in [-0.4, -0.2) is 41.5 Å². The van der Waals surface area contributed by atoms with Gasteiger partial charge in [-0.1, -0.05) is 6.07 Å². The van der Waals surface area contributed by atoms with Gasteiger partial charge in [0.1, 0.15) is 12.0 Å². The van der Waals surface area contributed by atoms with Crippen LogP contribution in [-0.2, 0) is 14.3 Å². The van der Waals surface area contributed by atoms with Crippen LogP contribution in [0.4, 0.5) is 0 Å². The van der Waals surface area contributed by atoms with Crippen molar-refractivity contribution in [2.75, 3.05) is 14.2 Å². The molecule has 0 unspecified atom stereocenters. The highest BCUT2D eigenvalue weighted by atomic mass is 16.5. The van der Waals surface area contributed by atoms with Gasteiger partial charge in [0.25, 0.3) is 0 Å². The fraction of sp³-hybridized carbons (Fsp3) is 0.200. The van der Waals surface area contributed by atoms with E-state index in [0.29, 0.717) is 16.7 Å². The summed E-state index contributed by atoms with van der Waals surface area (Å²) in [5, 5.41) is 28.9. The first-order chi connectivity index (χ1) is 13.3. The number of fused-ring (bicyclic) bond motifs is 1. The lowest BCUT2D eigenvalue weighted by Crippen LogP contribution is -2.20. The molecule has 0 saturated heterocycles. The SMILES string of the molecule is COC(=O)[C@@H]1c2cc(/C=C/C(=O)O)cc(O)c2O[C@H]1c1ccc(O)c(OC)c1. The number of hydrogen-bond acceptors (Lipinski definition) is 7. The number of methoxy groups -OCH3 is 2. The molecule has 0 amide bonds. The Morgan fingerprint density at radius 3 is 2.50 bits per heavy atom. The summed E-state index contributed by atoms with van der Waals surface area (Å²) >= 11 is 0. The standard InChI is InChI=1S/C20H18O8/c1-26-15-9-11(4-5-13(15)21)18-17(20(25)27-2)12-7-10(3-6-16(23)24)8-14(22)19(12)28-18/h3-9,17-18,21-22H,1-2H3,(H,23,24)/b6-3+/t17-,18+/m1/s1. The number of aromatic hydroxyl groups is 2. The number of esters is 1. The van der Waals surface area contributed by atoms with E-state index in [9.17, 15) is 19.8 Å². The maximum Gasteiger partial charge on any atom is 0.328 e. The molecule has 0 aromatic heterocycles. The lowest BCUT2D eigenvalue weighted by Gasteiger charge is -2.18. The van der Waals surface area contributed by atoms with Gasteiger partial charge in [-0.3, -0.25) is 4.79 Å². The van der Waals surface area contributed by atoms with Crippen molar-refractivity contribution in [2.45, 2.75) is 12.0 Å². The summed E-state index contributed by atoms with van der Waals surface area (Å²) in [5.41, 5.74) is 1.29. The molecule has 3 rings (SSSR count). The van der Waals surface area contributed by atoms with E-state index >= 15 is 0 Å². The van der Waals surface area contributed by atoms with Gasteiger partial charge in [-0.25, -0.2) is 4.79 Å².